The highest BCUT2D eigenvalue weighted by Gasteiger charge is 2.08. The van der Waals surface area contributed by atoms with Crippen molar-refractivity contribution in [2.45, 2.75) is 19.4 Å². The number of aliphatic carboxylic acids is 1. The molecule has 1 amide bonds. The molecule has 0 bridgehead atoms. The lowest BCUT2D eigenvalue weighted by Gasteiger charge is -2.13. The fraction of sp³-hybridized carbons (Fsp3) is 0.300. The highest BCUT2D eigenvalue weighted by Crippen LogP contribution is 2.28. The largest absolute Gasteiger partial charge is 0.493 e. The summed E-state index contributed by atoms with van der Waals surface area (Å²) in [6.45, 7) is 1.04. The molecule has 2 N–H and O–H groups in total. The number of amides is 1. The van der Waals surface area contributed by atoms with Gasteiger partial charge < -0.3 is 24.6 Å². The van der Waals surface area contributed by atoms with Crippen LogP contribution >= 0.6 is 0 Å². The maximum atomic E-state index is 11.6. The average molecular weight is 373 g/mol. The van der Waals surface area contributed by atoms with Crippen LogP contribution in [0.3, 0.4) is 0 Å². The molecule has 0 radical (unpaired) electrons. The summed E-state index contributed by atoms with van der Waals surface area (Å²) in [6.07, 6.45) is -0.234. The van der Waals surface area contributed by atoms with E-state index in [1.807, 2.05) is 36.4 Å². The van der Waals surface area contributed by atoms with Gasteiger partial charge in [0, 0.05) is 13.0 Å². The van der Waals surface area contributed by atoms with Gasteiger partial charge in [0.1, 0.15) is 19.0 Å². The molecule has 0 spiro atoms. The lowest BCUT2D eigenvalue weighted by Crippen LogP contribution is -2.23. The number of hydrogen-bond acceptors (Lipinski definition) is 5. The predicted molar refractivity (Wildman–Crippen MR) is 99.1 cm³/mol. The highest BCUT2D eigenvalue weighted by atomic mass is 16.5. The zero-order valence-corrected chi connectivity index (χ0v) is 15.1. The average Bonchev–Trinajstić information content (AvgIpc) is 2.69. The Hall–Kier alpha value is -3.22. The normalized spacial score (nSPS) is 10.1. The summed E-state index contributed by atoms with van der Waals surface area (Å²) in [5, 5.41) is 11.3. The molecule has 0 aliphatic carbocycles. The van der Waals surface area contributed by atoms with E-state index in [0.717, 1.165) is 11.3 Å². The molecule has 0 fully saturated rings. The minimum absolute atomic E-state index is 0.0466. The zero-order chi connectivity index (χ0) is 19.5. The van der Waals surface area contributed by atoms with Gasteiger partial charge in [-0.2, -0.15) is 0 Å². The van der Waals surface area contributed by atoms with Crippen molar-refractivity contribution in [3.8, 4) is 17.2 Å². The first-order valence-corrected chi connectivity index (χ1v) is 8.54. The summed E-state index contributed by atoms with van der Waals surface area (Å²) in [7, 11) is 1.54. The van der Waals surface area contributed by atoms with Gasteiger partial charge in [-0.3, -0.25) is 9.59 Å². The van der Waals surface area contributed by atoms with Crippen molar-refractivity contribution in [2.24, 2.45) is 0 Å². The van der Waals surface area contributed by atoms with Gasteiger partial charge in [0.25, 0.3) is 0 Å². The molecule has 0 unspecified atom stereocenters. The molecule has 0 aliphatic rings. The fourth-order valence-corrected chi connectivity index (χ4v) is 2.28. The topological polar surface area (TPSA) is 94.1 Å². The Kier molecular flexibility index (Phi) is 7.96. The van der Waals surface area contributed by atoms with Crippen molar-refractivity contribution in [3.63, 3.8) is 0 Å². The molecule has 144 valence electrons. The van der Waals surface area contributed by atoms with Crippen LogP contribution in [0.4, 0.5) is 0 Å². The lowest BCUT2D eigenvalue weighted by atomic mass is 10.2. The molecule has 0 saturated carbocycles. The van der Waals surface area contributed by atoms with Crippen LogP contribution < -0.4 is 19.5 Å². The van der Waals surface area contributed by atoms with Gasteiger partial charge in [-0.1, -0.05) is 24.3 Å². The molecule has 7 heteroatoms. The number of carbonyl (C=O) groups excluding carboxylic acids is 1. The number of methoxy groups -OCH3 is 1. The summed E-state index contributed by atoms with van der Waals surface area (Å²) in [5.74, 6) is 0.600. The van der Waals surface area contributed by atoms with E-state index in [-0.39, 0.29) is 25.3 Å². The van der Waals surface area contributed by atoms with Gasteiger partial charge in [0.05, 0.1) is 13.5 Å². The van der Waals surface area contributed by atoms with Gasteiger partial charge in [0.15, 0.2) is 11.5 Å². The van der Waals surface area contributed by atoms with Gasteiger partial charge in [-0.25, -0.2) is 0 Å². The second-order valence-corrected chi connectivity index (χ2v) is 5.67. The molecule has 2 rings (SSSR count). The van der Waals surface area contributed by atoms with Gasteiger partial charge in [-0.15, -0.1) is 0 Å². The van der Waals surface area contributed by atoms with E-state index >= 15 is 0 Å². The van der Waals surface area contributed by atoms with E-state index in [2.05, 4.69) is 5.32 Å². The number of benzene rings is 2. The highest BCUT2D eigenvalue weighted by molar-refractivity contribution is 5.80. The number of carboxylic acid groups (broad SMARTS) is 1. The number of ether oxygens (including phenoxy) is 3. The molecule has 27 heavy (non-hydrogen) atoms. The first kappa shape index (κ1) is 20.1. The monoisotopic (exact) mass is 373 g/mol. The number of para-hydroxylation sites is 1. The Balaban J connectivity index is 1.80. The number of rotatable bonds is 11. The standard InChI is InChI=1S/C20H23NO6/c1-25-18-13-15(14-21-19(22)9-10-20(23)24)7-8-17(18)27-12-11-26-16-5-3-2-4-6-16/h2-8,13H,9-12,14H2,1H3,(H,21,22)(H,23,24). The molecule has 0 heterocycles. The summed E-state index contributed by atoms with van der Waals surface area (Å²) >= 11 is 0. The first-order valence-electron chi connectivity index (χ1n) is 8.54. The molecule has 2 aromatic carbocycles. The quantitative estimate of drug-likeness (QED) is 0.588. The molecule has 0 aromatic heterocycles. The molecule has 0 saturated heterocycles. The Labute approximate surface area is 157 Å². The zero-order valence-electron chi connectivity index (χ0n) is 15.1. The predicted octanol–water partition coefficient (Wildman–Crippen LogP) is 2.63. The Morgan fingerprint density at radius 2 is 1.70 bits per heavy atom. The van der Waals surface area contributed by atoms with Crippen LogP contribution in [0.1, 0.15) is 18.4 Å². The van der Waals surface area contributed by atoms with Crippen molar-refractivity contribution in [3.05, 3.63) is 54.1 Å². The van der Waals surface area contributed by atoms with E-state index in [9.17, 15) is 9.59 Å². The van der Waals surface area contributed by atoms with Crippen LogP contribution in [-0.4, -0.2) is 37.3 Å². The third-order valence-corrected chi connectivity index (χ3v) is 3.64. The van der Waals surface area contributed by atoms with Crippen LogP contribution in [-0.2, 0) is 16.1 Å². The van der Waals surface area contributed by atoms with Crippen LogP contribution in [0.25, 0.3) is 0 Å². The van der Waals surface area contributed by atoms with Gasteiger partial charge >= 0.3 is 5.97 Å². The molecular weight excluding hydrogens is 350 g/mol. The molecule has 0 atom stereocenters. The molecular formula is C20H23NO6. The first-order chi connectivity index (χ1) is 13.1. The number of carboxylic acids is 1. The summed E-state index contributed by atoms with van der Waals surface area (Å²) in [4.78, 5) is 22.1. The number of carbonyl (C=O) groups is 2. The SMILES string of the molecule is COc1cc(CNC(=O)CCC(=O)O)ccc1OCCOc1ccccc1. The Morgan fingerprint density at radius 1 is 0.963 bits per heavy atom. The van der Waals surface area contributed by atoms with Gasteiger partial charge in [-0.05, 0) is 29.8 Å². The van der Waals surface area contributed by atoms with E-state index in [4.69, 9.17) is 19.3 Å². The Bertz CT molecular complexity index is 747. The third kappa shape index (κ3) is 7.27. The lowest BCUT2D eigenvalue weighted by molar-refractivity contribution is -0.138. The second kappa shape index (κ2) is 10.7. The van der Waals surface area contributed by atoms with E-state index < -0.39 is 5.97 Å². The minimum Gasteiger partial charge on any atom is -0.493 e. The van der Waals surface area contributed by atoms with Crippen LogP contribution in [0.5, 0.6) is 17.2 Å². The Morgan fingerprint density at radius 3 is 2.41 bits per heavy atom. The van der Waals surface area contributed by atoms with Gasteiger partial charge in [0.2, 0.25) is 5.91 Å². The molecule has 2 aromatic rings. The van der Waals surface area contributed by atoms with Crippen molar-refractivity contribution in [2.75, 3.05) is 20.3 Å². The number of nitrogens with one attached hydrogen (secondary N) is 1. The van der Waals surface area contributed by atoms with Crippen molar-refractivity contribution in [1.82, 2.24) is 5.32 Å². The fourth-order valence-electron chi connectivity index (χ4n) is 2.28. The van der Waals surface area contributed by atoms with E-state index in [1.165, 1.54) is 7.11 Å². The third-order valence-electron chi connectivity index (χ3n) is 3.64. The summed E-state index contributed by atoms with van der Waals surface area (Å²) in [6, 6.07) is 14.8. The summed E-state index contributed by atoms with van der Waals surface area (Å²) in [5.41, 5.74) is 0.823. The minimum atomic E-state index is -0.996. The second-order valence-electron chi connectivity index (χ2n) is 5.67. The maximum Gasteiger partial charge on any atom is 0.303 e. The smallest absolute Gasteiger partial charge is 0.303 e. The number of hydrogen-bond donors (Lipinski definition) is 2. The van der Waals surface area contributed by atoms with Crippen molar-refractivity contribution < 1.29 is 28.9 Å². The molecule has 0 aliphatic heterocycles. The van der Waals surface area contributed by atoms with Crippen LogP contribution in [0, 0.1) is 0 Å². The van der Waals surface area contributed by atoms with Crippen molar-refractivity contribution >= 4 is 11.9 Å². The summed E-state index contributed by atoms with van der Waals surface area (Å²) < 4.78 is 16.6. The molecule has 7 nitrogen and oxygen atoms in total. The maximum absolute atomic E-state index is 11.6. The van der Waals surface area contributed by atoms with Crippen molar-refractivity contribution in [1.29, 1.82) is 0 Å². The van der Waals surface area contributed by atoms with E-state index in [1.54, 1.807) is 12.1 Å². The van der Waals surface area contributed by atoms with Crippen LogP contribution in [0.2, 0.25) is 0 Å². The van der Waals surface area contributed by atoms with E-state index in [0.29, 0.717) is 24.7 Å². The van der Waals surface area contributed by atoms with Crippen LogP contribution in [0.15, 0.2) is 48.5 Å².